The maximum atomic E-state index is 13.4. The number of nitrogens with zero attached hydrogens (tertiary/aromatic N) is 2. The maximum absolute atomic E-state index is 13.4. The summed E-state index contributed by atoms with van der Waals surface area (Å²) in [5, 5.41) is 0. The molecule has 2 saturated heterocycles. The second-order valence-corrected chi connectivity index (χ2v) is 6.35. The second kappa shape index (κ2) is 8.44. The van der Waals surface area contributed by atoms with Crippen LogP contribution in [-0.4, -0.2) is 67.7 Å². The number of piperazine rings is 1. The number of carbonyl (C=O) groups is 1. The molecule has 0 bridgehead atoms. The molecule has 2 fully saturated rings. The zero-order valence-electron chi connectivity index (χ0n) is 14.0. The fraction of sp³-hybridized carbons (Fsp3) is 0.611. The van der Waals surface area contributed by atoms with Crippen molar-refractivity contribution in [2.45, 2.75) is 25.4 Å². The zero-order valence-corrected chi connectivity index (χ0v) is 14.0. The zero-order chi connectivity index (χ0) is 16.8. The minimum absolute atomic E-state index is 0.0723. The van der Waals surface area contributed by atoms with Gasteiger partial charge in [-0.3, -0.25) is 9.69 Å². The summed E-state index contributed by atoms with van der Waals surface area (Å²) < 4.78 is 24.5. The molecule has 0 spiro atoms. The van der Waals surface area contributed by atoms with Crippen LogP contribution >= 0.6 is 0 Å². The van der Waals surface area contributed by atoms with Crippen molar-refractivity contribution in [3.05, 3.63) is 30.1 Å². The highest BCUT2D eigenvalue weighted by Gasteiger charge is 2.24. The van der Waals surface area contributed by atoms with Crippen molar-refractivity contribution >= 4 is 5.91 Å². The van der Waals surface area contributed by atoms with Crippen LogP contribution in [0.4, 0.5) is 4.39 Å². The SMILES string of the molecule is O=C(CCOc1ccccc1F)N1CCN(CC2CCCO2)CC1. The van der Waals surface area contributed by atoms with Crippen LogP contribution in [0.15, 0.2) is 24.3 Å². The van der Waals surface area contributed by atoms with Gasteiger partial charge in [-0.2, -0.15) is 0 Å². The molecule has 1 aromatic carbocycles. The third-order valence-electron chi connectivity index (χ3n) is 4.62. The lowest BCUT2D eigenvalue weighted by molar-refractivity contribution is -0.133. The Morgan fingerprint density at radius 2 is 2.04 bits per heavy atom. The summed E-state index contributed by atoms with van der Waals surface area (Å²) >= 11 is 0. The van der Waals surface area contributed by atoms with Crippen molar-refractivity contribution in [1.82, 2.24) is 9.80 Å². The van der Waals surface area contributed by atoms with Crippen molar-refractivity contribution < 1.29 is 18.7 Å². The van der Waals surface area contributed by atoms with Gasteiger partial charge >= 0.3 is 0 Å². The van der Waals surface area contributed by atoms with E-state index < -0.39 is 5.82 Å². The summed E-state index contributed by atoms with van der Waals surface area (Å²) in [7, 11) is 0. The van der Waals surface area contributed by atoms with E-state index in [4.69, 9.17) is 9.47 Å². The van der Waals surface area contributed by atoms with E-state index in [0.29, 0.717) is 6.10 Å². The van der Waals surface area contributed by atoms with Gasteiger partial charge in [-0.1, -0.05) is 12.1 Å². The molecule has 3 rings (SSSR count). The smallest absolute Gasteiger partial charge is 0.226 e. The fourth-order valence-electron chi connectivity index (χ4n) is 3.22. The highest BCUT2D eigenvalue weighted by Crippen LogP contribution is 2.16. The Morgan fingerprint density at radius 1 is 1.25 bits per heavy atom. The lowest BCUT2D eigenvalue weighted by Gasteiger charge is -2.35. The molecule has 1 amide bonds. The first kappa shape index (κ1) is 17.2. The molecular formula is C18H25FN2O3. The van der Waals surface area contributed by atoms with E-state index in [2.05, 4.69) is 4.90 Å². The van der Waals surface area contributed by atoms with Crippen LogP contribution in [-0.2, 0) is 9.53 Å². The number of hydrogen-bond donors (Lipinski definition) is 0. The normalized spacial score (nSPS) is 21.9. The monoisotopic (exact) mass is 336 g/mol. The summed E-state index contributed by atoms with van der Waals surface area (Å²) in [5.41, 5.74) is 0. The molecule has 2 aliphatic rings. The average molecular weight is 336 g/mol. The number of carbonyl (C=O) groups excluding carboxylic acids is 1. The number of amides is 1. The first-order valence-corrected chi connectivity index (χ1v) is 8.71. The van der Waals surface area contributed by atoms with Crippen LogP contribution in [0.3, 0.4) is 0 Å². The van der Waals surface area contributed by atoms with Crippen molar-refractivity contribution in [2.24, 2.45) is 0 Å². The maximum Gasteiger partial charge on any atom is 0.226 e. The van der Waals surface area contributed by atoms with Gasteiger partial charge in [0.15, 0.2) is 11.6 Å². The minimum atomic E-state index is -0.396. The summed E-state index contributed by atoms with van der Waals surface area (Å²) in [6, 6.07) is 6.26. The van der Waals surface area contributed by atoms with Gasteiger partial charge < -0.3 is 14.4 Å². The predicted molar refractivity (Wildman–Crippen MR) is 88.5 cm³/mol. The van der Waals surface area contributed by atoms with Crippen molar-refractivity contribution in [3.8, 4) is 5.75 Å². The number of benzene rings is 1. The Labute approximate surface area is 142 Å². The molecule has 6 heteroatoms. The lowest BCUT2D eigenvalue weighted by Crippen LogP contribution is -2.50. The molecule has 2 heterocycles. The first-order chi connectivity index (χ1) is 11.7. The molecular weight excluding hydrogens is 311 g/mol. The van der Waals surface area contributed by atoms with Crippen molar-refractivity contribution in [1.29, 1.82) is 0 Å². The quantitative estimate of drug-likeness (QED) is 0.796. The first-order valence-electron chi connectivity index (χ1n) is 8.71. The number of halogens is 1. The van der Waals surface area contributed by atoms with Crippen LogP contribution in [0, 0.1) is 5.82 Å². The van der Waals surface area contributed by atoms with Crippen LogP contribution < -0.4 is 4.74 Å². The Morgan fingerprint density at radius 3 is 2.75 bits per heavy atom. The highest BCUT2D eigenvalue weighted by molar-refractivity contribution is 5.76. The summed E-state index contributed by atoms with van der Waals surface area (Å²) in [6.07, 6.45) is 2.94. The molecule has 0 N–H and O–H groups in total. The van der Waals surface area contributed by atoms with Gasteiger partial charge in [0, 0.05) is 39.3 Å². The van der Waals surface area contributed by atoms with Crippen molar-refractivity contribution in [2.75, 3.05) is 45.9 Å². The van der Waals surface area contributed by atoms with E-state index in [-0.39, 0.29) is 24.7 Å². The molecule has 1 unspecified atom stereocenters. The van der Waals surface area contributed by atoms with Gasteiger partial charge in [0.25, 0.3) is 0 Å². The molecule has 0 radical (unpaired) electrons. The van der Waals surface area contributed by atoms with E-state index in [1.807, 2.05) is 4.90 Å². The molecule has 24 heavy (non-hydrogen) atoms. The van der Waals surface area contributed by atoms with Gasteiger partial charge in [0.2, 0.25) is 5.91 Å². The van der Waals surface area contributed by atoms with Crippen LogP contribution in [0.25, 0.3) is 0 Å². The number of ether oxygens (including phenoxy) is 2. The Balaban J connectivity index is 1.35. The van der Waals surface area contributed by atoms with Gasteiger partial charge in [0.05, 0.1) is 19.1 Å². The molecule has 0 aliphatic carbocycles. The molecule has 0 aromatic heterocycles. The molecule has 1 atom stereocenters. The van der Waals surface area contributed by atoms with E-state index in [1.165, 1.54) is 6.07 Å². The third kappa shape index (κ3) is 4.68. The Hall–Kier alpha value is -1.66. The number of hydrogen-bond acceptors (Lipinski definition) is 4. The highest BCUT2D eigenvalue weighted by atomic mass is 19.1. The number of para-hydroxylation sites is 1. The Bertz CT molecular complexity index is 541. The average Bonchev–Trinajstić information content (AvgIpc) is 3.10. The van der Waals surface area contributed by atoms with E-state index >= 15 is 0 Å². The van der Waals surface area contributed by atoms with E-state index in [0.717, 1.165) is 52.2 Å². The van der Waals surface area contributed by atoms with Gasteiger partial charge in [0.1, 0.15) is 0 Å². The molecule has 132 valence electrons. The summed E-state index contributed by atoms with van der Waals surface area (Å²) in [4.78, 5) is 16.5. The third-order valence-corrected chi connectivity index (χ3v) is 4.62. The van der Waals surface area contributed by atoms with Crippen LogP contribution in [0.1, 0.15) is 19.3 Å². The van der Waals surface area contributed by atoms with Crippen molar-refractivity contribution in [3.63, 3.8) is 0 Å². The second-order valence-electron chi connectivity index (χ2n) is 6.35. The standard InChI is InChI=1S/C18H25FN2O3/c19-16-5-1-2-6-17(16)24-13-7-18(22)21-10-8-20(9-11-21)14-15-4-3-12-23-15/h1-2,5-6,15H,3-4,7-14H2. The molecule has 5 nitrogen and oxygen atoms in total. The van der Waals surface area contributed by atoms with E-state index in [1.54, 1.807) is 18.2 Å². The summed E-state index contributed by atoms with van der Waals surface area (Å²) in [6.45, 7) is 5.31. The molecule has 0 saturated carbocycles. The van der Waals surface area contributed by atoms with Gasteiger partial charge in [-0.15, -0.1) is 0 Å². The lowest BCUT2D eigenvalue weighted by atomic mass is 10.2. The topological polar surface area (TPSA) is 42.0 Å². The van der Waals surface area contributed by atoms with Crippen LogP contribution in [0.2, 0.25) is 0 Å². The number of rotatable bonds is 6. The van der Waals surface area contributed by atoms with Crippen LogP contribution in [0.5, 0.6) is 5.75 Å². The molecule has 1 aromatic rings. The van der Waals surface area contributed by atoms with E-state index in [9.17, 15) is 9.18 Å². The predicted octanol–water partition coefficient (Wildman–Crippen LogP) is 1.92. The fourth-order valence-corrected chi connectivity index (χ4v) is 3.22. The molecule has 2 aliphatic heterocycles. The van der Waals surface area contributed by atoms with Gasteiger partial charge in [-0.25, -0.2) is 4.39 Å². The Kier molecular flexibility index (Phi) is 6.04. The van der Waals surface area contributed by atoms with Gasteiger partial charge in [-0.05, 0) is 25.0 Å². The largest absolute Gasteiger partial charge is 0.490 e. The minimum Gasteiger partial charge on any atom is -0.490 e. The summed E-state index contributed by atoms with van der Waals surface area (Å²) in [5.74, 6) is -0.123.